The number of piperidine rings is 1. The Morgan fingerprint density at radius 1 is 1.12 bits per heavy atom. The van der Waals surface area contributed by atoms with Gasteiger partial charge in [0.25, 0.3) is 0 Å². The first-order valence-corrected chi connectivity index (χ1v) is 12.7. The minimum absolute atomic E-state index is 0.00249. The monoisotopic (exact) mass is 462 g/mol. The SMILES string of the molecule is COc1ccc2c3c1O[C@H]1[C@@]4(OC)CC[C@@]5(C[C@@H]4COCc4ccncc4)[C@@H](C2)N(C)CC[C@]315. The molecule has 6 nitrogen and oxygen atoms in total. The lowest BCUT2D eigenvalue weighted by Crippen LogP contribution is -2.81. The third kappa shape index (κ3) is 2.35. The van der Waals surface area contributed by atoms with Crippen LogP contribution < -0.4 is 9.47 Å². The molecule has 3 heterocycles. The summed E-state index contributed by atoms with van der Waals surface area (Å²) in [6, 6.07) is 8.97. The van der Waals surface area contributed by atoms with E-state index in [1.165, 1.54) is 17.5 Å². The summed E-state index contributed by atoms with van der Waals surface area (Å²) in [5.74, 6) is 2.15. The van der Waals surface area contributed by atoms with E-state index in [1.54, 1.807) is 7.11 Å². The molecule has 6 aliphatic rings. The summed E-state index contributed by atoms with van der Waals surface area (Å²) in [6.07, 6.45) is 9.20. The molecule has 6 heteroatoms. The molecule has 6 atom stereocenters. The van der Waals surface area contributed by atoms with Crippen LogP contribution in [0.25, 0.3) is 0 Å². The Morgan fingerprint density at radius 2 is 1.97 bits per heavy atom. The van der Waals surface area contributed by atoms with Crippen molar-refractivity contribution in [3.63, 3.8) is 0 Å². The van der Waals surface area contributed by atoms with Crippen LogP contribution in [0.3, 0.4) is 0 Å². The minimum Gasteiger partial charge on any atom is -0.493 e. The van der Waals surface area contributed by atoms with Crippen LogP contribution in [0.15, 0.2) is 36.7 Å². The summed E-state index contributed by atoms with van der Waals surface area (Å²) in [6.45, 7) is 2.39. The lowest BCUT2D eigenvalue weighted by molar-refractivity contribution is -0.282. The van der Waals surface area contributed by atoms with Crippen LogP contribution >= 0.6 is 0 Å². The van der Waals surface area contributed by atoms with Gasteiger partial charge in [0.05, 0.1) is 20.3 Å². The molecule has 1 aromatic heterocycles. The quantitative estimate of drug-likeness (QED) is 0.652. The summed E-state index contributed by atoms with van der Waals surface area (Å²) in [4.78, 5) is 6.76. The fourth-order valence-electron chi connectivity index (χ4n) is 8.97. The van der Waals surface area contributed by atoms with E-state index in [-0.39, 0.29) is 22.5 Å². The van der Waals surface area contributed by atoms with Gasteiger partial charge in [-0.15, -0.1) is 0 Å². The number of hydrogen-bond donors (Lipinski definition) is 0. The number of likely N-dealkylation sites (N-methyl/N-ethyl adjacent to an activating group) is 1. The van der Waals surface area contributed by atoms with Gasteiger partial charge in [-0.2, -0.15) is 0 Å². The van der Waals surface area contributed by atoms with Crippen molar-refractivity contribution in [3.8, 4) is 11.5 Å². The number of aromatic nitrogens is 1. The molecule has 1 saturated heterocycles. The second kappa shape index (κ2) is 7.19. The van der Waals surface area contributed by atoms with Crippen LogP contribution in [-0.2, 0) is 27.9 Å². The fraction of sp³-hybridized carbons (Fsp3) is 0.607. The standard InChI is InChI=1S/C28H34N2O4/c1-30-13-10-27-23-19-4-5-21(31-2)24(23)34-25(27)28(32-3)9-8-26(27,22(30)14-19)15-20(28)17-33-16-18-6-11-29-12-7-18/h4-7,11-12,20,22,25H,8-10,13-17H2,1-3H3/t20-,22-,25-,26-,27+,28-/m1/s1. The van der Waals surface area contributed by atoms with Crippen LogP contribution in [0.2, 0.25) is 0 Å². The number of ether oxygens (including phenoxy) is 4. The molecule has 8 rings (SSSR count). The molecule has 180 valence electrons. The van der Waals surface area contributed by atoms with E-state index in [1.807, 2.05) is 31.6 Å². The van der Waals surface area contributed by atoms with Crippen molar-refractivity contribution in [2.75, 3.05) is 34.4 Å². The topological polar surface area (TPSA) is 53.1 Å². The van der Waals surface area contributed by atoms with E-state index in [4.69, 9.17) is 18.9 Å². The molecule has 4 aliphatic carbocycles. The number of likely N-dealkylation sites (tertiary alicyclic amines) is 1. The number of pyridine rings is 1. The molecule has 1 aromatic carbocycles. The maximum absolute atomic E-state index is 7.02. The molecule has 4 bridgehead atoms. The Bertz CT molecular complexity index is 1120. The van der Waals surface area contributed by atoms with Crippen molar-refractivity contribution in [1.29, 1.82) is 0 Å². The van der Waals surface area contributed by atoms with Crippen LogP contribution in [-0.4, -0.2) is 62.0 Å². The zero-order chi connectivity index (χ0) is 23.1. The van der Waals surface area contributed by atoms with E-state index in [0.29, 0.717) is 25.2 Å². The first kappa shape index (κ1) is 21.2. The van der Waals surface area contributed by atoms with E-state index in [2.05, 4.69) is 29.1 Å². The third-order valence-electron chi connectivity index (χ3n) is 10.3. The Kier molecular flexibility index (Phi) is 4.47. The van der Waals surface area contributed by atoms with E-state index in [9.17, 15) is 0 Å². The van der Waals surface area contributed by atoms with Gasteiger partial charge in [-0.1, -0.05) is 6.07 Å². The Labute approximate surface area is 201 Å². The highest BCUT2D eigenvalue weighted by molar-refractivity contribution is 5.63. The first-order valence-electron chi connectivity index (χ1n) is 12.7. The van der Waals surface area contributed by atoms with Gasteiger partial charge < -0.3 is 23.8 Å². The zero-order valence-electron chi connectivity index (χ0n) is 20.4. The Hall–Kier alpha value is -2.15. The summed E-state index contributed by atoms with van der Waals surface area (Å²) in [5, 5.41) is 0. The molecular formula is C28H34N2O4. The molecule has 4 fully saturated rings. The number of benzene rings is 1. The van der Waals surface area contributed by atoms with Gasteiger partial charge in [0.1, 0.15) is 11.7 Å². The second-order valence-corrected chi connectivity index (χ2v) is 11.1. The van der Waals surface area contributed by atoms with Gasteiger partial charge in [0, 0.05) is 47.9 Å². The summed E-state index contributed by atoms with van der Waals surface area (Å²) in [5.41, 5.74) is 3.88. The molecule has 0 amide bonds. The highest BCUT2D eigenvalue weighted by Crippen LogP contribution is 2.76. The minimum atomic E-state index is -0.348. The van der Waals surface area contributed by atoms with Crippen molar-refractivity contribution < 1.29 is 18.9 Å². The van der Waals surface area contributed by atoms with Crippen LogP contribution in [0.1, 0.15) is 42.4 Å². The Balaban J connectivity index is 1.33. The molecular weight excluding hydrogens is 428 g/mol. The normalized spacial score (nSPS) is 39.0. The van der Waals surface area contributed by atoms with E-state index >= 15 is 0 Å². The molecule has 3 saturated carbocycles. The summed E-state index contributed by atoms with van der Waals surface area (Å²) in [7, 11) is 5.98. The number of fused-ring (bicyclic) bond motifs is 2. The third-order valence-corrected chi connectivity index (χ3v) is 10.3. The van der Waals surface area contributed by atoms with Crippen molar-refractivity contribution in [3.05, 3.63) is 53.3 Å². The summed E-state index contributed by atoms with van der Waals surface area (Å²) >= 11 is 0. The molecule has 0 radical (unpaired) electrons. The largest absolute Gasteiger partial charge is 0.493 e. The van der Waals surface area contributed by atoms with Gasteiger partial charge in [0.2, 0.25) is 0 Å². The van der Waals surface area contributed by atoms with E-state index in [0.717, 1.165) is 49.3 Å². The van der Waals surface area contributed by atoms with Crippen molar-refractivity contribution in [1.82, 2.24) is 9.88 Å². The average molecular weight is 463 g/mol. The number of nitrogens with zero attached hydrogens (tertiary/aromatic N) is 2. The molecule has 2 spiro atoms. The predicted octanol–water partition coefficient (Wildman–Crippen LogP) is 3.75. The molecule has 2 aliphatic heterocycles. The fourth-order valence-corrected chi connectivity index (χ4v) is 8.97. The lowest BCUT2D eigenvalue weighted by Gasteiger charge is -2.73. The molecule has 34 heavy (non-hydrogen) atoms. The smallest absolute Gasteiger partial charge is 0.165 e. The van der Waals surface area contributed by atoms with E-state index < -0.39 is 0 Å². The van der Waals surface area contributed by atoms with Gasteiger partial charge in [-0.3, -0.25) is 4.98 Å². The predicted molar refractivity (Wildman–Crippen MR) is 127 cm³/mol. The number of rotatable bonds is 6. The highest BCUT2D eigenvalue weighted by atomic mass is 16.6. The maximum Gasteiger partial charge on any atom is 0.165 e. The van der Waals surface area contributed by atoms with Gasteiger partial charge >= 0.3 is 0 Å². The van der Waals surface area contributed by atoms with Crippen LogP contribution in [0.4, 0.5) is 0 Å². The van der Waals surface area contributed by atoms with Gasteiger partial charge in [-0.25, -0.2) is 0 Å². The molecule has 2 aromatic rings. The number of hydrogen-bond acceptors (Lipinski definition) is 6. The maximum atomic E-state index is 7.02. The van der Waals surface area contributed by atoms with Crippen LogP contribution in [0.5, 0.6) is 11.5 Å². The van der Waals surface area contributed by atoms with Crippen molar-refractivity contribution in [2.24, 2.45) is 11.3 Å². The lowest BCUT2D eigenvalue weighted by atomic mass is 9.35. The molecule has 0 N–H and O–H groups in total. The van der Waals surface area contributed by atoms with Crippen LogP contribution in [0, 0.1) is 11.3 Å². The van der Waals surface area contributed by atoms with Gasteiger partial charge in [0.15, 0.2) is 11.5 Å². The highest BCUT2D eigenvalue weighted by Gasteiger charge is 2.80. The van der Waals surface area contributed by atoms with Crippen molar-refractivity contribution >= 4 is 0 Å². The second-order valence-electron chi connectivity index (χ2n) is 11.1. The average Bonchev–Trinajstić information content (AvgIpc) is 3.24. The first-order chi connectivity index (χ1) is 16.6. The number of methoxy groups -OCH3 is 2. The zero-order valence-corrected chi connectivity index (χ0v) is 20.4. The van der Waals surface area contributed by atoms with Gasteiger partial charge in [-0.05, 0) is 75.0 Å². The molecule has 0 unspecified atom stereocenters. The summed E-state index contributed by atoms with van der Waals surface area (Å²) < 4.78 is 25.8. The van der Waals surface area contributed by atoms with Crippen molar-refractivity contribution in [2.45, 2.75) is 61.9 Å². The Morgan fingerprint density at radius 3 is 2.76 bits per heavy atom.